The quantitative estimate of drug-likeness (QED) is 0.782. The Kier molecular flexibility index (Phi) is 5.28. The Labute approximate surface area is 157 Å². The molecule has 6 heteroatoms. The second-order valence-corrected chi connectivity index (χ2v) is 6.31. The summed E-state index contributed by atoms with van der Waals surface area (Å²) in [6.45, 7) is 2.30. The van der Waals surface area contributed by atoms with Gasteiger partial charge in [-0.15, -0.1) is 0 Å². The Morgan fingerprint density at radius 1 is 1.08 bits per heavy atom. The highest BCUT2D eigenvalue weighted by Gasteiger charge is 2.38. The van der Waals surface area contributed by atoms with Crippen molar-refractivity contribution in [2.75, 3.05) is 19.0 Å². The van der Waals surface area contributed by atoms with Crippen molar-refractivity contribution in [3.63, 3.8) is 0 Å². The van der Waals surface area contributed by atoms with Crippen molar-refractivity contribution in [3.8, 4) is 5.75 Å². The number of rotatable bonds is 6. The van der Waals surface area contributed by atoms with Crippen LogP contribution in [0.3, 0.4) is 0 Å². The molecular weight excluding hydrogens is 352 g/mol. The zero-order chi connectivity index (χ0) is 18.7. The number of carbonyl (C=O) groups excluding carboxylic acids is 2. The minimum atomic E-state index is -0.329. The van der Waals surface area contributed by atoms with E-state index in [1.807, 2.05) is 25.1 Å². The van der Waals surface area contributed by atoms with E-state index >= 15 is 0 Å². The summed E-state index contributed by atoms with van der Waals surface area (Å²) in [4.78, 5) is 27.0. The fourth-order valence-electron chi connectivity index (χ4n) is 2.85. The van der Waals surface area contributed by atoms with Gasteiger partial charge in [0.25, 0.3) is 11.8 Å². The molecule has 0 radical (unpaired) electrons. The van der Waals surface area contributed by atoms with Crippen LogP contribution < -0.4 is 10.1 Å². The summed E-state index contributed by atoms with van der Waals surface area (Å²) in [5.74, 6) is 0.0278. The van der Waals surface area contributed by atoms with Crippen LogP contribution in [-0.4, -0.2) is 30.4 Å². The predicted molar refractivity (Wildman–Crippen MR) is 102 cm³/mol. The molecule has 0 fully saturated rings. The van der Waals surface area contributed by atoms with Crippen LogP contribution >= 0.6 is 11.6 Å². The second-order valence-electron chi connectivity index (χ2n) is 5.88. The van der Waals surface area contributed by atoms with Crippen LogP contribution in [0.5, 0.6) is 5.75 Å². The van der Waals surface area contributed by atoms with E-state index < -0.39 is 0 Å². The topological polar surface area (TPSA) is 58.6 Å². The van der Waals surface area contributed by atoms with Crippen molar-refractivity contribution in [3.05, 3.63) is 64.8 Å². The molecule has 0 unspecified atom stereocenters. The monoisotopic (exact) mass is 370 g/mol. The second kappa shape index (κ2) is 7.62. The van der Waals surface area contributed by atoms with Crippen LogP contribution in [0.1, 0.15) is 18.9 Å². The van der Waals surface area contributed by atoms with E-state index in [1.165, 1.54) is 4.90 Å². The van der Waals surface area contributed by atoms with Crippen LogP contribution in [0.25, 0.3) is 5.57 Å². The highest BCUT2D eigenvalue weighted by Crippen LogP contribution is 2.31. The molecule has 0 aromatic heterocycles. The van der Waals surface area contributed by atoms with E-state index in [-0.39, 0.29) is 17.5 Å². The van der Waals surface area contributed by atoms with Crippen LogP contribution in [0.4, 0.5) is 5.69 Å². The number of hydrogen-bond acceptors (Lipinski definition) is 4. The Morgan fingerprint density at radius 3 is 2.46 bits per heavy atom. The largest absolute Gasteiger partial charge is 0.497 e. The lowest BCUT2D eigenvalue weighted by Gasteiger charge is -2.14. The first-order chi connectivity index (χ1) is 12.5. The van der Waals surface area contributed by atoms with Gasteiger partial charge in [0.15, 0.2) is 0 Å². The van der Waals surface area contributed by atoms with Gasteiger partial charge >= 0.3 is 0 Å². The van der Waals surface area contributed by atoms with Gasteiger partial charge in [0, 0.05) is 23.3 Å². The lowest BCUT2D eigenvalue weighted by Crippen LogP contribution is -2.33. The molecule has 0 spiro atoms. The van der Waals surface area contributed by atoms with Gasteiger partial charge in [0.2, 0.25) is 0 Å². The third kappa shape index (κ3) is 3.44. The Hall–Kier alpha value is -2.79. The number of anilines is 1. The highest BCUT2D eigenvalue weighted by molar-refractivity contribution is 6.36. The number of amides is 2. The molecule has 0 saturated heterocycles. The maximum absolute atomic E-state index is 12.9. The number of nitrogens with zero attached hydrogens (tertiary/aromatic N) is 1. The number of methoxy groups -OCH3 is 1. The van der Waals surface area contributed by atoms with Crippen molar-refractivity contribution in [1.29, 1.82) is 0 Å². The van der Waals surface area contributed by atoms with Crippen molar-refractivity contribution in [2.45, 2.75) is 13.3 Å². The number of imide groups is 1. The molecule has 3 rings (SSSR count). The summed E-state index contributed by atoms with van der Waals surface area (Å²) in [7, 11) is 1.57. The number of nitrogens with one attached hydrogen (secondary N) is 1. The average Bonchev–Trinajstić information content (AvgIpc) is 2.87. The van der Waals surface area contributed by atoms with E-state index in [0.717, 1.165) is 0 Å². The molecule has 2 amide bonds. The summed E-state index contributed by atoms with van der Waals surface area (Å²) in [6, 6.07) is 14.1. The summed E-state index contributed by atoms with van der Waals surface area (Å²) in [5, 5.41) is 3.67. The first-order valence-corrected chi connectivity index (χ1v) is 8.70. The van der Waals surface area contributed by atoms with Crippen molar-refractivity contribution in [1.82, 2.24) is 4.90 Å². The van der Waals surface area contributed by atoms with Gasteiger partial charge in [-0.1, -0.05) is 36.7 Å². The molecule has 0 saturated carbocycles. The molecule has 134 valence electrons. The van der Waals surface area contributed by atoms with Gasteiger partial charge in [0.1, 0.15) is 11.4 Å². The molecule has 2 aromatic carbocycles. The van der Waals surface area contributed by atoms with Gasteiger partial charge in [-0.2, -0.15) is 0 Å². The molecule has 1 aliphatic heterocycles. The third-order valence-electron chi connectivity index (χ3n) is 4.09. The van der Waals surface area contributed by atoms with Crippen LogP contribution in [0.15, 0.2) is 54.2 Å². The number of benzene rings is 2. The predicted octanol–water partition coefficient (Wildman–Crippen LogP) is 3.95. The molecular formula is C20H19ClN2O3. The Bertz CT molecular complexity index is 875. The van der Waals surface area contributed by atoms with Crippen LogP contribution in [0.2, 0.25) is 5.02 Å². The molecule has 0 aliphatic carbocycles. The fraction of sp³-hybridized carbons (Fsp3) is 0.200. The third-order valence-corrected chi connectivity index (χ3v) is 4.34. The van der Waals surface area contributed by atoms with Crippen LogP contribution in [-0.2, 0) is 9.59 Å². The standard InChI is InChI=1S/C20H19ClN2O3/c1-3-11-23-19(24)17(13-7-9-14(21)10-8-13)18(20(23)25)22-15-5-4-6-16(12-15)26-2/h4-10,12,22H,3,11H2,1-2H3. The Balaban J connectivity index is 2.05. The molecule has 1 aliphatic rings. The maximum atomic E-state index is 12.9. The highest BCUT2D eigenvalue weighted by atomic mass is 35.5. The first-order valence-electron chi connectivity index (χ1n) is 8.32. The van der Waals surface area contributed by atoms with Crippen molar-refractivity contribution in [2.24, 2.45) is 0 Å². The van der Waals surface area contributed by atoms with Gasteiger partial charge in [-0.3, -0.25) is 14.5 Å². The van der Waals surface area contributed by atoms with Crippen molar-refractivity contribution < 1.29 is 14.3 Å². The van der Waals surface area contributed by atoms with Gasteiger partial charge < -0.3 is 10.1 Å². The average molecular weight is 371 g/mol. The van der Waals surface area contributed by atoms with E-state index in [1.54, 1.807) is 37.4 Å². The number of carbonyl (C=O) groups is 2. The molecule has 0 atom stereocenters. The summed E-state index contributed by atoms with van der Waals surface area (Å²) < 4.78 is 5.22. The van der Waals surface area contributed by atoms with Crippen LogP contribution in [0, 0.1) is 0 Å². The minimum Gasteiger partial charge on any atom is -0.497 e. The van der Waals surface area contributed by atoms with E-state index in [2.05, 4.69) is 5.32 Å². The van der Waals surface area contributed by atoms with Gasteiger partial charge in [-0.25, -0.2) is 0 Å². The van der Waals surface area contributed by atoms with E-state index in [9.17, 15) is 9.59 Å². The maximum Gasteiger partial charge on any atom is 0.278 e. The summed E-state index contributed by atoms with van der Waals surface area (Å²) in [6.07, 6.45) is 0.692. The van der Waals surface area contributed by atoms with E-state index in [0.29, 0.717) is 40.6 Å². The molecule has 2 aromatic rings. The molecule has 1 heterocycles. The number of ether oxygens (including phenoxy) is 1. The van der Waals surface area contributed by atoms with Gasteiger partial charge in [0.05, 0.1) is 12.7 Å². The number of halogens is 1. The zero-order valence-corrected chi connectivity index (χ0v) is 15.3. The summed E-state index contributed by atoms with van der Waals surface area (Å²) >= 11 is 5.95. The molecule has 5 nitrogen and oxygen atoms in total. The molecule has 0 bridgehead atoms. The fourth-order valence-corrected chi connectivity index (χ4v) is 2.97. The normalized spacial score (nSPS) is 14.2. The number of hydrogen-bond donors (Lipinski definition) is 1. The molecule has 1 N–H and O–H groups in total. The van der Waals surface area contributed by atoms with Gasteiger partial charge in [-0.05, 0) is 36.2 Å². The van der Waals surface area contributed by atoms with Crippen molar-refractivity contribution >= 4 is 34.7 Å². The smallest absolute Gasteiger partial charge is 0.278 e. The lowest BCUT2D eigenvalue weighted by molar-refractivity contribution is -0.136. The first kappa shape index (κ1) is 18.0. The molecule has 26 heavy (non-hydrogen) atoms. The summed E-state index contributed by atoms with van der Waals surface area (Å²) in [5.41, 5.74) is 1.93. The minimum absolute atomic E-state index is 0.263. The van der Waals surface area contributed by atoms with E-state index in [4.69, 9.17) is 16.3 Å². The Morgan fingerprint density at radius 2 is 1.81 bits per heavy atom. The SMILES string of the molecule is CCCN1C(=O)C(Nc2cccc(OC)c2)=C(c2ccc(Cl)cc2)C1=O. The lowest BCUT2D eigenvalue weighted by atomic mass is 10.0. The zero-order valence-electron chi connectivity index (χ0n) is 14.6.